The van der Waals surface area contributed by atoms with Gasteiger partial charge in [-0.2, -0.15) is 5.26 Å². The number of aromatic nitrogens is 2. The predicted octanol–water partition coefficient (Wildman–Crippen LogP) is -2.71. The van der Waals surface area contributed by atoms with Crippen molar-refractivity contribution in [3.05, 3.63) is 24.5 Å². The molecule has 58 valence electrons. The van der Waals surface area contributed by atoms with Crippen LogP contribution in [0.25, 0.3) is 0 Å². The van der Waals surface area contributed by atoms with E-state index in [2.05, 4.69) is 11.2 Å². The van der Waals surface area contributed by atoms with Crippen LogP contribution in [0.1, 0.15) is 6.42 Å². The Hall–Kier alpha value is -0.950. The molecule has 1 aromatic heterocycles. The van der Waals surface area contributed by atoms with E-state index in [4.69, 9.17) is 5.26 Å². The second-order valence-corrected chi connectivity index (χ2v) is 1.87. The number of rotatable bonds is 2. The predicted molar refractivity (Wildman–Crippen MR) is 34.7 cm³/mol. The lowest BCUT2D eigenvalue weighted by Crippen LogP contribution is -3.00. The molecule has 1 heterocycles. The van der Waals surface area contributed by atoms with Gasteiger partial charge in [0.05, 0.1) is 18.7 Å². The van der Waals surface area contributed by atoms with Gasteiger partial charge in [0.15, 0.2) is 12.7 Å². The lowest BCUT2D eigenvalue weighted by atomic mass is 10.5. The summed E-state index contributed by atoms with van der Waals surface area (Å²) in [5, 5.41) is 12.2. The third kappa shape index (κ3) is 3.68. The van der Waals surface area contributed by atoms with Gasteiger partial charge in [-0.1, -0.05) is 4.68 Å². The van der Waals surface area contributed by atoms with Gasteiger partial charge in [0.25, 0.3) is 0 Å². The molecule has 0 aliphatic carbocycles. The summed E-state index contributed by atoms with van der Waals surface area (Å²) in [6, 6.07) is 5.80. The molecule has 3 nitrogen and oxygen atoms in total. The van der Waals surface area contributed by atoms with Crippen LogP contribution in [-0.4, -0.2) is 5.10 Å². The molecule has 0 saturated carbocycles. The van der Waals surface area contributed by atoms with E-state index in [0.717, 1.165) is 0 Å². The van der Waals surface area contributed by atoms with E-state index in [1.54, 1.807) is 10.9 Å². The molecule has 11 heavy (non-hydrogen) atoms. The van der Waals surface area contributed by atoms with Crippen LogP contribution in [0.3, 0.4) is 0 Å². The molecule has 0 saturated heterocycles. The van der Waals surface area contributed by atoms with Crippen molar-refractivity contribution < 1.29 is 21.7 Å². The van der Waals surface area contributed by atoms with E-state index in [1.807, 2.05) is 18.3 Å². The lowest BCUT2D eigenvalue weighted by molar-refractivity contribution is -0.753. The maximum absolute atomic E-state index is 8.24. The van der Waals surface area contributed by atoms with Crippen LogP contribution in [0.4, 0.5) is 0 Å². The Morgan fingerprint density at radius 2 is 2.27 bits per heavy atom. The Morgan fingerprint density at radius 3 is 2.82 bits per heavy atom. The smallest absolute Gasteiger partial charge is 0.196 e. The first-order valence-electron chi connectivity index (χ1n) is 3.11. The Kier molecular flexibility index (Phi) is 5.30. The average molecular weight is 214 g/mol. The molecule has 0 fully saturated rings. The highest BCUT2D eigenvalue weighted by Crippen LogP contribution is 1.75. The van der Waals surface area contributed by atoms with E-state index < -0.39 is 0 Å². The minimum absolute atomic E-state index is 0. The van der Waals surface area contributed by atoms with Crippen molar-refractivity contribution in [1.29, 1.82) is 5.26 Å². The van der Waals surface area contributed by atoms with Crippen LogP contribution in [0.5, 0.6) is 0 Å². The topological polar surface area (TPSA) is 40.6 Å². The maximum Gasteiger partial charge on any atom is 0.196 e. The Bertz CT molecular complexity index is 229. The minimum Gasteiger partial charge on any atom is -1.00 e. The molecule has 0 atom stereocenters. The molecule has 1 rings (SSSR count). The van der Waals surface area contributed by atoms with Crippen molar-refractivity contribution in [2.75, 3.05) is 0 Å². The Morgan fingerprint density at radius 1 is 1.45 bits per heavy atom. The third-order valence-electron chi connectivity index (χ3n) is 1.12. The van der Waals surface area contributed by atoms with Crippen molar-refractivity contribution in [2.45, 2.75) is 13.0 Å². The van der Waals surface area contributed by atoms with E-state index in [0.29, 0.717) is 13.0 Å². The highest BCUT2D eigenvalue weighted by Gasteiger charge is 1.96. The van der Waals surface area contributed by atoms with Gasteiger partial charge in [-0.05, 0) is 11.2 Å². The summed E-state index contributed by atoms with van der Waals surface area (Å²) >= 11 is 0. The van der Waals surface area contributed by atoms with Crippen LogP contribution in [0, 0.1) is 11.3 Å². The molecular weight excluding hydrogens is 206 g/mol. The SMILES string of the molecule is N#CCC[n+]1ccccn1.[Br-]. The second-order valence-electron chi connectivity index (χ2n) is 1.87. The molecule has 0 aliphatic heterocycles. The monoisotopic (exact) mass is 213 g/mol. The molecule has 0 unspecified atom stereocenters. The molecule has 0 bridgehead atoms. The van der Waals surface area contributed by atoms with Crippen molar-refractivity contribution in [1.82, 2.24) is 5.10 Å². The highest BCUT2D eigenvalue weighted by molar-refractivity contribution is 4.76. The van der Waals surface area contributed by atoms with E-state index >= 15 is 0 Å². The number of hydrogen-bond acceptors (Lipinski definition) is 2. The van der Waals surface area contributed by atoms with Crippen LogP contribution >= 0.6 is 0 Å². The van der Waals surface area contributed by atoms with E-state index in [1.165, 1.54) is 0 Å². The largest absolute Gasteiger partial charge is 1.00 e. The van der Waals surface area contributed by atoms with Gasteiger partial charge < -0.3 is 17.0 Å². The fraction of sp³-hybridized carbons (Fsp3) is 0.286. The molecule has 0 radical (unpaired) electrons. The minimum atomic E-state index is 0. The maximum atomic E-state index is 8.24. The summed E-state index contributed by atoms with van der Waals surface area (Å²) in [5.74, 6) is 0. The number of halogens is 1. The fourth-order valence-electron chi connectivity index (χ4n) is 0.658. The Balaban J connectivity index is 0.000001000. The normalized spacial score (nSPS) is 7.91. The van der Waals surface area contributed by atoms with Crippen LogP contribution in [0.2, 0.25) is 0 Å². The van der Waals surface area contributed by atoms with Crippen molar-refractivity contribution in [3.63, 3.8) is 0 Å². The van der Waals surface area contributed by atoms with Gasteiger partial charge in [-0.15, -0.1) is 0 Å². The zero-order chi connectivity index (χ0) is 7.23. The van der Waals surface area contributed by atoms with Gasteiger partial charge in [0, 0.05) is 6.07 Å². The summed E-state index contributed by atoms with van der Waals surface area (Å²) in [6.07, 6.45) is 4.07. The van der Waals surface area contributed by atoms with Gasteiger partial charge in [-0.25, -0.2) is 0 Å². The third-order valence-corrected chi connectivity index (χ3v) is 1.12. The van der Waals surface area contributed by atoms with Crippen LogP contribution in [-0.2, 0) is 6.54 Å². The highest BCUT2D eigenvalue weighted by atomic mass is 79.9. The number of aryl methyl sites for hydroxylation is 1. The molecule has 1 aromatic rings. The first kappa shape index (κ1) is 10.0. The Labute approximate surface area is 76.0 Å². The summed E-state index contributed by atoms with van der Waals surface area (Å²) in [4.78, 5) is 0. The standard InChI is InChI=1S/C7H8N3.BrH/c8-4-3-7-10-6-2-1-5-9-10;/h1-2,5-6H,3,7H2;1H/q+1;/p-1. The van der Waals surface area contributed by atoms with Gasteiger partial charge in [-0.3, -0.25) is 0 Å². The summed E-state index contributed by atoms with van der Waals surface area (Å²) in [5.41, 5.74) is 0. The number of nitrogens with zero attached hydrogens (tertiary/aromatic N) is 3. The molecular formula is C7H8BrN3. The zero-order valence-corrected chi connectivity index (χ0v) is 7.53. The van der Waals surface area contributed by atoms with Crippen LogP contribution in [0.15, 0.2) is 24.5 Å². The quantitative estimate of drug-likeness (QED) is 0.502. The van der Waals surface area contributed by atoms with Gasteiger partial charge in [0.2, 0.25) is 0 Å². The van der Waals surface area contributed by atoms with Crippen molar-refractivity contribution >= 4 is 0 Å². The lowest BCUT2D eigenvalue weighted by Gasteiger charge is -1.84. The molecule has 0 spiro atoms. The summed E-state index contributed by atoms with van der Waals surface area (Å²) in [7, 11) is 0. The van der Waals surface area contributed by atoms with Gasteiger partial charge >= 0.3 is 0 Å². The summed E-state index contributed by atoms with van der Waals surface area (Å²) < 4.78 is 1.74. The number of nitriles is 1. The first-order chi connectivity index (χ1) is 4.93. The molecule has 0 aliphatic rings. The van der Waals surface area contributed by atoms with E-state index in [-0.39, 0.29) is 17.0 Å². The fourth-order valence-corrected chi connectivity index (χ4v) is 0.658. The number of hydrogen-bond donors (Lipinski definition) is 0. The first-order valence-corrected chi connectivity index (χ1v) is 3.11. The van der Waals surface area contributed by atoms with E-state index in [9.17, 15) is 0 Å². The molecule has 0 aromatic carbocycles. The average Bonchev–Trinajstić information content (AvgIpc) is 2.03. The van der Waals surface area contributed by atoms with Crippen molar-refractivity contribution in [2.24, 2.45) is 0 Å². The van der Waals surface area contributed by atoms with Crippen LogP contribution < -0.4 is 21.7 Å². The zero-order valence-electron chi connectivity index (χ0n) is 5.94. The van der Waals surface area contributed by atoms with Gasteiger partial charge in [0.1, 0.15) is 0 Å². The summed E-state index contributed by atoms with van der Waals surface area (Å²) in [6.45, 7) is 0.678. The van der Waals surface area contributed by atoms with Crippen molar-refractivity contribution in [3.8, 4) is 6.07 Å². The second kappa shape index (κ2) is 5.81. The molecule has 4 heteroatoms. The molecule has 0 amide bonds. The molecule has 0 N–H and O–H groups in total.